The van der Waals surface area contributed by atoms with Gasteiger partial charge in [-0.3, -0.25) is 9.59 Å². The molecule has 1 heterocycles. The zero-order valence-electron chi connectivity index (χ0n) is 15.4. The van der Waals surface area contributed by atoms with E-state index in [9.17, 15) is 9.59 Å². The first kappa shape index (κ1) is 21.2. The minimum atomic E-state index is -0.326. The molecule has 1 saturated heterocycles. The lowest BCUT2D eigenvalue weighted by Crippen LogP contribution is -2.20. The molecule has 3 rings (SSSR count). The number of thiocarbonyl (C=S) groups is 1. The Morgan fingerprint density at radius 1 is 1.28 bits per heavy atom. The fourth-order valence-electron chi connectivity index (χ4n) is 2.50. The van der Waals surface area contributed by atoms with Gasteiger partial charge in [0, 0.05) is 5.69 Å². The van der Waals surface area contributed by atoms with Crippen LogP contribution in [0.4, 0.5) is 5.69 Å². The molecule has 9 heteroatoms. The van der Waals surface area contributed by atoms with Crippen LogP contribution in [0.5, 0.6) is 11.5 Å². The van der Waals surface area contributed by atoms with Gasteiger partial charge in [-0.05, 0) is 42.8 Å². The van der Waals surface area contributed by atoms with Crippen LogP contribution in [0.3, 0.4) is 0 Å². The summed E-state index contributed by atoms with van der Waals surface area (Å²) in [6, 6.07) is 12.4. The summed E-state index contributed by atoms with van der Waals surface area (Å²) >= 11 is 12.5. The second-order valence-corrected chi connectivity index (χ2v) is 7.94. The first-order chi connectivity index (χ1) is 14.0. The Kier molecular flexibility index (Phi) is 7.13. The van der Waals surface area contributed by atoms with Gasteiger partial charge in [0.15, 0.2) is 18.1 Å². The van der Waals surface area contributed by atoms with Gasteiger partial charge >= 0.3 is 0 Å². The quantitative estimate of drug-likeness (QED) is 0.487. The van der Waals surface area contributed by atoms with Crippen molar-refractivity contribution in [3.05, 3.63) is 58.0 Å². The molecule has 0 bridgehead atoms. The van der Waals surface area contributed by atoms with Crippen LogP contribution in [-0.4, -0.2) is 29.3 Å². The summed E-state index contributed by atoms with van der Waals surface area (Å²) < 4.78 is 11.6. The topological polar surface area (TPSA) is 76.7 Å². The van der Waals surface area contributed by atoms with Crippen LogP contribution >= 0.6 is 35.6 Å². The molecule has 2 aromatic rings. The van der Waals surface area contributed by atoms with Crippen LogP contribution in [0.2, 0.25) is 5.02 Å². The Hall–Kier alpha value is -2.55. The standard InChI is InChI=1S/C20H17ClN2O4S2/c1-2-26-15-9-12(10-16-19(25)23-20(28)29-16)8-14(21)18(15)27-11-17(24)22-13-6-4-3-5-7-13/h3-10H,2,11H2,1H3,(H,22,24)(H,23,25,28)/b16-10-. The molecule has 0 atom stereocenters. The molecule has 1 aliphatic rings. The van der Waals surface area contributed by atoms with E-state index >= 15 is 0 Å². The van der Waals surface area contributed by atoms with Gasteiger partial charge < -0.3 is 20.1 Å². The van der Waals surface area contributed by atoms with E-state index in [-0.39, 0.29) is 29.2 Å². The SMILES string of the molecule is CCOc1cc(/C=C2\SC(=S)NC2=O)cc(Cl)c1OCC(=O)Nc1ccccc1. The molecule has 0 aromatic heterocycles. The Balaban J connectivity index is 1.76. The minimum Gasteiger partial charge on any atom is -0.490 e. The van der Waals surface area contributed by atoms with Crippen LogP contribution < -0.4 is 20.1 Å². The van der Waals surface area contributed by atoms with E-state index in [1.54, 1.807) is 30.3 Å². The number of halogens is 1. The number of hydrogen-bond donors (Lipinski definition) is 2. The van der Waals surface area contributed by atoms with Gasteiger partial charge in [-0.25, -0.2) is 0 Å². The van der Waals surface area contributed by atoms with Crippen molar-refractivity contribution >= 4 is 63.5 Å². The molecule has 0 saturated carbocycles. The third-order valence-electron chi connectivity index (χ3n) is 3.68. The molecule has 2 N–H and O–H groups in total. The number of thioether (sulfide) groups is 1. The Morgan fingerprint density at radius 3 is 2.69 bits per heavy atom. The van der Waals surface area contributed by atoms with Crippen molar-refractivity contribution < 1.29 is 19.1 Å². The molecule has 2 amide bonds. The fourth-order valence-corrected chi connectivity index (χ4v) is 3.82. The fraction of sp³-hybridized carbons (Fsp3) is 0.150. The number of para-hydroxylation sites is 1. The van der Waals surface area contributed by atoms with Crippen molar-refractivity contribution in [2.75, 3.05) is 18.5 Å². The lowest BCUT2D eigenvalue weighted by molar-refractivity contribution is -0.118. The third kappa shape index (κ3) is 5.72. The summed E-state index contributed by atoms with van der Waals surface area (Å²) in [6.45, 7) is 1.97. The Morgan fingerprint density at radius 2 is 2.03 bits per heavy atom. The molecule has 1 fully saturated rings. The van der Waals surface area contributed by atoms with Crippen molar-refractivity contribution in [3.63, 3.8) is 0 Å². The van der Waals surface area contributed by atoms with E-state index < -0.39 is 0 Å². The molecule has 6 nitrogen and oxygen atoms in total. The van der Waals surface area contributed by atoms with E-state index in [0.717, 1.165) is 0 Å². The number of rotatable bonds is 7. The maximum Gasteiger partial charge on any atom is 0.263 e. The third-order valence-corrected chi connectivity index (χ3v) is 5.12. The summed E-state index contributed by atoms with van der Waals surface area (Å²) in [5.74, 6) is 0.0590. The van der Waals surface area contributed by atoms with Gasteiger partial charge in [-0.1, -0.05) is 53.8 Å². The van der Waals surface area contributed by atoms with E-state index in [0.29, 0.717) is 32.8 Å². The molecule has 2 aromatic carbocycles. The van der Waals surface area contributed by atoms with Crippen LogP contribution in [0.15, 0.2) is 47.4 Å². The second-order valence-electron chi connectivity index (χ2n) is 5.82. The van der Waals surface area contributed by atoms with E-state index in [4.69, 9.17) is 33.3 Å². The summed E-state index contributed by atoms with van der Waals surface area (Å²) in [4.78, 5) is 24.5. The highest BCUT2D eigenvalue weighted by Gasteiger charge is 2.22. The van der Waals surface area contributed by atoms with E-state index in [2.05, 4.69) is 10.6 Å². The van der Waals surface area contributed by atoms with Gasteiger partial charge in [0.1, 0.15) is 4.32 Å². The number of hydrogen-bond acceptors (Lipinski definition) is 6. The molecular weight excluding hydrogens is 432 g/mol. The summed E-state index contributed by atoms with van der Waals surface area (Å²) in [6.07, 6.45) is 1.67. The van der Waals surface area contributed by atoms with Crippen molar-refractivity contribution in [3.8, 4) is 11.5 Å². The van der Waals surface area contributed by atoms with Crippen LogP contribution in [0, 0.1) is 0 Å². The van der Waals surface area contributed by atoms with Crippen molar-refractivity contribution in [1.29, 1.82) is 0 Å². The first-order valence-corrected chi connectivity index (χ1v) is 10.3. The monoisotopic (exact) mass is 448 g/mol. The predicted octanol–water partition coefficient (Wildman–Crippen LogP) is 4.25. The number of nitrogens with one attached hydrogen (secondary N) is 2. The minimum absolute atomic E-state index is 0.234. The number of carbonyl (C=O) groups excluding carboxylic acids is 2. The maximum atomic E-state index is 12.1. The van der Waals surface area contributed by atoms with Gasteiger partial charge in [0.2, 0.25) is 0 Å². The molecule has 0 spiro atoms. The summed E-state index contributed by atoms with van der Waals surface area (Å²) in [5.41, 5.74) is 1.33. The summed E-state index contributed by atoms with van der Waals surface area (Å²) in [5, 5.41) is 5.56. The average molecular weight is 449 g/mol. The predicted molar refractivity (Wildman–Crippen MR) is 119 cm³/mol. The van der Waals surface area contributed by atoms with Gasteiger partial charge in [0.25, 0.3) is 11.8 Å². The highest BCUT2D eigenvalue weighted by molar-refractivity contribution is 8.26. The molecule has 0 aliphatic carbocycles. The number of benzene rings is 2. The molecule has 1 aliphatic heterocycles. The lowest BCUT2D eigenvalue weighted by atomic mass is 10.2. The highest BCUT2D eigenvalue weighted by atomic mass is 35.5. The second kappa shape index (κ2) is 9.78. The van der Waals surface area contributed by atoms with Crippen LogP contribution in [0.25, 0.3) is 6.08 Å². The number of anilines is 1. The van der Waals surface area contributed by atoms with E-state index in [1.807, 2.05) is 25.1 Å². The van der Waals surface area contributed by atoms with Crippen LogP contribution in [-0.2, 0) is 9.59 Å². The Bertz CT molecular complexity index is 980. The number of amides is 2. The van der Waals surface area contributed by atoms with Crippen molar-refractivity contribution in [1.82, 2.24) is 5.32 Å². The van der Waals surface area contributed by atoms with Crippen LogP contribution in [0.1, 0.15) is 12.5 Å². The highest BCUT2D eigenvalue weighted by Crippen LogP contribution is 2.38. The molecule has 150 valence electrons. The maximum absolute atomic E-state index is 12.1. The lowest BCUT2D eigenvalue weighted by Gasteiger charge is -2.14. The normalized spacial score (nSPS) is 14.6. The first-order valence-electron chi connectivity index (χ1n) is 8.65. The zero-order valence-corrected chi connectivity index (χ0v) is 17.7. The number of carbonyl (C=O) groups is 2. The molecule has 29 heavy (non-hydrogen) atoms. The summed E-state index contributed by atoms with van der Waals surface area (Å²) in [7, 11) is 0. The van der Waals surface area contributed by atoms with Gasteiger partial charge in [0.05, 0.1) is 16.5 Å². The smallest absolute Gasteiger partial charge is 0.263 e. The largest absolute Gasteiger partial charge is 0.490 e. The Labute approximate surface area is 182 Å². The zero-order chi connectivity index (χ0) is 20.8. The van der Waals surface area contributed by atoms with Gasteiger partial charge in [-0.15, -0.1) is 0 Å². The van der Waals surface area contributed by atoms with Crippen molar-refractivity contribution in [2.45, 2.75) is 6.92 Å². The molecule has 0 radical (unpaired) electrons. The van der Waals surface area contributed by atoms with E-state index in [1.165, 1.54) is 11.8 Å². The van der Waals surface area contributed by atoms with Crippen molar-refractivity contribution in [2.24, 2.45) is 0 Å². The number of ether oxygens (including phenoxy) is 2. The molecular formula is C20H17ClN2O4S2. The molecule has 0 unspecified atom stereocenters. The van der Waals surface area contributed by atoms with Gasteiger partial charge in [-0.2, -0.15) is 0 Å². The average Bonchev–Trinajstić information content (AvgIpc) is 2.99.